The number of rotatable bonds is 6. The summed E-state index contributed by atoms with van der Waals surface area (Å²) in [6, 6.07) is 13.7. The first kappa shape index (κ1) is 20.9. The maximum Gasteiger partial charge on any atom is 0.279 e. The van der Waals surface area contributed by atoms with Gasteiger partial charge >= 0.3 is 0 Å². The van der Waals surface area contributed by atoms with E-state index >= 15 is 0 Å². The summed E-state index contributed by atoms with van der Waals surface area (Å²) in [5, 5.41) is 3.04. The summed E-state index contributed by atoms with van der Waals surface area (Å²) in [5.74, 6) is 0.709. The SMILES string of the molecule is Cc1ccc(OCC(=O)N2CC[NH+](CC(=O)Nc3c(C)cccc3C)CC2)cc1. The van der Waals surface area contributed by atoms with Crippen LogP contribution in [-0.4, -0.2) is 56.0 Å². The van der Waals surface area contributed by atoms with Gasteiger partial charge in [-0.15, -0.1) is 0 Å². The van der Waals surface area contributed by atoms with Crippen LogP contribution in [0.1, 0.15) is 16.7 Å². The molecule has 1 fully saturated rings. The monoisotopic (exact) mass is 396 g/mol. The predicted molar refractivity (Wildman–Crippen MR) is 113 cm³/mol. The third kappa shape index (κ3) is 5.81. The second-order valence-electron chi connectivity index (χ2n) is 7.72. The van der Waals surface area contributed by atoms with Gasteiger partial charge in [-0.3, -0.25) is 9.59 Å². The van der Waals surface area contributed by atoms with Crippen LogP contribution in [0.3, 0.4) is 0 Å². The summed E-state index contributed by atoms with van der Waals surface area (Å²) in [6.07, 6.45) is 0. The molecule has 2 aromatic carbocycles. The molecule has 2 aromatic rings. The Labute approximate surface area is 172 Å². The fourth-order valence-corrected chi connectivity index (χ4v) is 3.54. The number of piperazine rings is 1. The van der Waals surface area contributed by atoms with Crippen molar-refractivity contribution in [1.29, 1.82) is 0 Å². The molecule has 0 aromatic heterocycles. The number of carbonyl (C=O) groups excluding carboxylic acids is 2. The lowest BCUT2D eigenvalue weighted by atomic mass is 10.1. The summed E-state index contributed by atoms with van der Waals surface area (Å²) >= 11 is 0. The van der Waals surface area contributed by atoms with Crippen molar-refractivity contribution in [3.8, 4) is 5.75 Å². The third-order valence-corrected chi connectivity index (χ3v) is 5.36. The van der Waals surface area contributed by atoms with Crippen molar-refractivity contribution in [1.82, 2.24) is 4.90 Å². The highest BCUT2D eigenvalue weighted by molar-refractivity contribution is 5.93. The Balaban J connectivity index is 1.42. The van der Waals surface area contributed by atoms with E-state index in [0.29, 0.717) is 25.4 Å². The minimum absolute atomic E-state index is 0.00962. The van der Waals surface area contributed by atoms with Crippen LogP contribution in [0.5, 0.6) is 5.75 Å². The second-order valence-corrected chi connectivity index (χ2v) is 7.72. The lowest BCUT2D eigenvalue weighted by molar-refractivity contribution is -0.895. The molecule has 0 radical (unpaired) electrons. The molecule has 2 N–H and O–H groups in total. The smallest absolute Gasteiger partial charge is 0.279 e. The molecule has 6 heteroatoms. The molecule has 3 rings (SSSR count). The minimum atomic E-state index is -0.00962. The average molecular weight is 397 g/mol. The van der Waals surface area contributed by atoms with Gasteiger partial charge in [-0.25, -0.2) is 0 Å². The van der Waals surface area contributed by atoms with Crippen LogP contribution >= 0.6 is 0 Å². The highest BCUT2D eigenvalue weighted by Crippen LogP contribution is 2.18. The number of carbonyl (C=O) groups is 2. The number of amides is 2. The summed E-state index contributed by atoms with van der Waals surface area (Å²) in [4.78, 5) is 27.9. The molecule has 1 heterocycles. The van der Waals surface area contributed by atoms with Crippen LogP contribution < -0.4 is 15.0 Å². The zero-order chi connectivity index (χ0) is 20.8. The van der Waals surface area contributed by atoms with Crippen molar-refractivity contribution < 1.29 is 19.2 Å². The predicted octanol–water partition coefficient (Wildman–Crippen LogP) is 1.36. The van der Waals surface area contributed by atoms with E-state index in [9.17, 15) is 9.59 Å². The molecule has 1 saturated heterocycles. The van der Waals surface area contributed by atoms with E-state index in [1.54, 1.807) is 0 Å². The van der Waals surface area contributed by atoms with Crippen molar-refractivity contribution in [3.05, 3.63) is 59.2 Å². The maximum absolute atomic E-state index is 12.5. The zero-order valence-corrected chi connectivity index (χ0v) is 17.5. The quantitative estimate of drug-likeness (QED) is 0.775. The standard InChI is InChI=1S/C23H29N3O3/c1-17-7-9-20(10-8-17)29-16-22(28)26-13-11-25(12-14-26)15-21(27)24-23-18(2)5-4-6-19(23)3/h4-10H,11-16H2,1-3H3,(H,24,27)/p+1. The molecule has 154 valence electrons. The lowest BCUT2D eigenvalue weighted by Crippen LogP contribution is -3.15. The number of anilines is 1. The topological polar surface area (TPSA) is 63.1 Å². The Hall–Kier alpha value is -2.86. The van der Waals surface area contributed by atoms with Gasteiger partial charge in [0.15, 0.2) is 13.2 Å². The fraction of sp³-hybridized carbons (Fsp3) is 0.391. The Kier molecular flexibility index (Phi) is 6.88. The van der Waals surface area contributed by atoms with E-state index in [1.165, 1.54) is 4.90 Å². The van der Waals surface area contributed by atoms with Crippen LogP contribution in [0, 0.1) is 20.8 Å². The number of benzene rings is 2. The van der Waals surface area contributed by atoms with Gasteiger partial charge in [-0.05, 0) is 44.0 Å². The number of aryl methyl sites for hydroxylation is 3. The number of hydrogen-bond donors (Lipinski definition) is 2. The molecule has 0 bridgehead atoms. The lowest BCUT2D eigenvalue weighted by Gasteiger charge is -2.31. The number of para-hydroxylation sites is 1. The van der Waals surface area contributed by atoms with Gasteiger partial charge in [-0.2, -0.15) is 0 Å². The Morgan fingerprint density at radius 3 is 2.24 bits per heavy atom. The number of nitrogens with zero attached hydrogens (tertiary/aromatic N) is 1. The first-order valence-electron chi connectivity index (χ1n) is 10.1. The van der Waals surface area contributed by atoms with Crippen molar-refractivity contribution in [3.63, 3.8) is 0 Å². The van der Waals surface area contributed by atoms with Gasteiger partial charge in [-0.1, -0.05) is 35.9 Å². The summed E-state index contributed by atoms with van der Waals surface area (Å²) in [5.41, 5.74) is 4.19. The van der Waals surface area contributed by atoms with Crippen molar-refractivity contribution >= 4 is 17.5 Å². The van der Waals surface area contributed by atoms with Crippen molar-refractivity contribution in [2.75, 3.05) is 44.6 Å². The molecule has 2 amide bonds. The van der Waals surface area contributed by atoms with Crippen LogP contribution in [0.2, 0.25) is 0 Å². The van der Waals surface area contributed by atoms with Crippen LogP contribution in [0.15, 0.2) is 42.5 Å². The highest BCUT2D eigenvalue weighted by Gasteiger charge is 2.25. The second kappa shape index (κ2) is 9.56. The number of hydrogen-bond acceptors (Lipinski definition) is 3. The molecular weight excluding hydrogens is 366 g/mol. The van der Waals surface area contributed by atoms with Crippen LogP contribution in [0.25, 0.3) is 0 Å². The molecule has 0 saturated carbocycles. The fourth-order valence-electron chi connectivity index (χ4n) is 3.54. The number of ether oxygens (including phenoxy) is 1. The van der Waals surface area contributed by atoms with Gasteiger partial charge in [0, 0.05) is 5.69 Å². The van der Waals surface area contributed by atoms with Gasteiger partial charge in [0.25, 0.3) is 11.8 Å². The maximum atomic E-state index is 12.5. The average Bonchev–Trinajstić information content (AvgIpc) is 2.71. The number of quaternary nitrogens is 1. The molecule has 0 spiro atoms. The molecule has 0 unspecified atom stereocenters. The first-order valence-corrected chi connectivity index (χ1v) is 10.1. The van der Waals surface area contributed by atoms with E-state index in [4.69, 9.17) is 4.74 Å². The Bertz CT molecular complexity index is 836. The molecule has 0 aliphatic carbocycles. The minimum Gasteiger partial charge on any atom is -0.484 e. The van der Waals surface area contributed by atoms with E-state index in [2.05, 4.69) is 5.32 Å². The zero-order valence-electron chi connectivity index (χ0n) is 17.5. The first-order chi connectivity index (χ1) is 13.9. The van der Waals surface area contributed by atoms with Gasteiger partial charge in [0.2, 0.25) is 0 Å². The Morgan fingerprint density at radius 2 is 1.62 bits per heavy atom. The van der Waals surface area contributed by atoms with E-state index in [-0.39, 0.29) is 18.4 Å². The summed E-state index contributed by atoms with van der Waals surface area (Å²) in [7, 11) is 0. The molecule has 29 heavy (non-hydrogen) atoms. The summed E-state index contributed by atoms with van der Waals surface area (Å²) in [6.45, 7) is 9.27. The third-order valence-electron chi connectivity index (χ3n) is 5.36. The molecule has 1 aliphatic rings. The van der Waals surface area contributed by atoms with E-state index in [1.807, 2.05) is 68.1 Å². The summed E-state index contributed by atoms with van der Waals surface area (Å²) < 4.78 is 5.59. The van der Waals surface area contributed by atoms with E-state index in [0.717, 1.165) is 35.5 Å². The highest BCUT2D eigenvalue weighted by atomic mass is 16.5. The van der Waals surface area contributed by atoms with Crippen LogP contribution in [0.4, 0.5) is 5.69 Å². The normalized spacial score (nSPS) is 14.5. The van der Waals surface area contributed by atoms with E-state index < -0.39 is 0 Å². The number of nitrogens with one attached hydrogen (secondary N) is 2. The van der Waals surface area contributed by atoms with Crippen molar-refractivity contribution in [2.24, 2.45) is 0 Å². The molecule has 0 atom stereocenters. The van der Waals surface area contributed by atoms with Crippen LogP contribution in [-0.2, 0) is 9.59 Å². The van der Waals surface area contributed by atoms with Gasteiger partial charge in [0.05, 0.1) is 26.2 Å². The van der Waals surface area contributed by atoms with Gasteiger partial charge < -0.3 is 19.9 Å². The molecule has 6 nitrogen and oxygen atoms in total. The molecular formula is C23H30N3O3+. The largest absolute Gasteiger partial charge is 0.484 e. The van der Waals surface area contributed by atoms with Crippen molar-refractivity contribution in [2.45, 2.75) is 20.8 Å². The Morgan fingerprint density at radius 1 is 1.00 bits per heavy atom. The van der Waals surface area contributed by atoms with Gasteiger partial charge in [0.1, 0.15) is 5.75 Å². The molecule has 1 aliphatic heterocycles.